The zero-order chi connectivity index (χ0) is 12.8. The van der Waals surface area contributed by atoms with Crippen molar-refractivity contribution in [3.05, 3.63) is 24.3 Å². The molecule has 0 spiro atoms. The average Bonchev–Trinajstić information content (AvgIpc) is 2.89. The Hall–Kier alpha value is -1.22. The minimum Gasteiger partial charge on any atom is -0.493 e. The maximum atomic E-state index is 5.92. The highest BCUT2D eigenvalue weighted by Gasteiger charge is 2.32. The van der Waals surface area contributed by atoms with E-state index in [4.69, 9.17) is 15.2 Å². The van der Waals surface area contributed by atoms with E-state index >= 15 is 0 Å². The molecule has 0 heterocycles. The van der Waals surface area contributed by atoms with Crippen molar-refractivity contribution in [1.82, 2.24) is 0 Å². The molecule has 1 aromatic rings. The summed E-state index contributed by atoms with van der Waals surface area (Å²) < 4.78 is 11.1. The Bertz CT molecular complexity index is 373. The number of hydrogen-bond donors (Lipinski definition) is 1. The second-order valence-electron chi connectivity index (χ2n) is 5.16. The molecular weight excluding hydrogens is 226 g/mol. The minimum absolute atomic E-state index is 0.321. The van der Waals surface area contributed by atoms with Crippen molar-refractivity contribution < 1.29 is 9.47 Å². The first-order valence-electron chi connectivity index (χ1n) is 6.75. The maximum Gasteiger partial charge on any atom is 0.161 e. The van der Waals surface area contributed by atoms with Crippen LogP contribution in [-0.2, 0) is 0 Å². The maximum absolute atomic E-state index is 5.92. The Morgan fingerprint density at radius 1 is 1.17 bits per heavy atom. The first kappa shape index (κ1) is 13.2. The van der Waals surface area contributed by atoms with Gasteiger partial charge in [-0.25, -0.2) is 0 Å². The Balaban J connectivity index is 1.88. The normalized spacial score (nSPS) is 17.7. The van der Waals surface area contributed by atoms with Crippen LogP contribution in [-0.4, -0.2) is 20.3 Å². The molecule has 1 saturated carbocycles. The number of ether oxygens (including phenoxy) is 2. The van der Waals surface area contributed by atoms with E-state index in [2.05, 4.69) is 0 Å². The second kappa shape index (κ2) is 6.10. The van der Waals surface area contributed by atoms with E-state index in [1.807, 2.05) is 24.3 Å². The molecule has 1 aliphatic rings. The monoisotopic (exact) mass is 249 g/mol. The molecule has 0 unspecified atom stereocenters. The average molecular weight is 249 g/mol. The molecule has 0 radical (unpaired) electrons. The predicted molar refractivity (Wildman–Crippen MR) is 73.1 cm³/mol. The number of hydrogen-bond acceptors (Lipinski definition) is 3. The molecule has 0 aliphatic heterocycles. The molecule has 1 aliphatic carbocycles. The van der Waals surface area contributed by atoms with Crippen LogP contribution in [0.5, 0.6) is 11.5 Å². The van der Waals surface area contributed by atoms with Gasteiger partial charge in [-0.2, -0.15) is 0 Å². The zero-order valence-electron chi connectivity index (χ0n) is 11.2. The van der Waals surface area contributed by atoms with Crippen LogP contribution in [0.4, 0.5) is 0 Å². The molecule has 0 saturated heterocycles. The molecular formula is C15H23NO2. The van der Waals surface area contributed by atoms with Gasteiger partial charge in [-0.1, -0.05) is 25.0 Å². The van der Waals surface area contributed by atoms with Crippen LogP contribution in [0.1, 0.15) is 32.1 Å². The molecule has 3 heteroatoms. The number of benzene rings is 1. The topological polar surface area (TPSA) is 44.5 Å². The van der Waals surface area contributed by atoms with E-state index in [1.165, 1.54) is 25.7 Å². The molecule has 0 aromatic heterocycles. The summed E-state index contributed by atoms with van der Waals surface area (Å²) in [5.74, 6) is 1.62. The summed E-state index contributed by atoms with van der Waals surface area (Å²) in [6.07, 6.45) is 6.16. The highest BCUT2D eigenvalue weighted by Crippen LogP contribution is 2.40. The number of rotatable bonds is 6. The van der Waals surface area contributed by atoms with Gasteiger partial charge in [0.15, 0.2) is 11.5 Å². The molecule has 3 nitrogen and oxygen atoms in total. The van der Waals surface area contributed by atoms with E-state index in [9.17, 15) is 0 Å². The van der Waals surface area contributed by atoms with Crippen molar-refractivity contribution in [1.29, 1.82) is 0 Å². The SMILES string of the molecule is COc1ccccc1OCCC1(CN)CCCC1. The van der Waals surface area contributed by atoms with Gasteiger partial charge in [0, 0.05) is 0 Å². The molecule has 0 bridgehead atoms. The van der Waals surface area contributed by atoms with Crippen molar-refractivity contribution in [3.63, 3.8) is 0 Å². The Morgan fingerprint density at radius 3 is 2.44 bits per heavy atom. The molecule has 1 aromatic carbocycles. The van der Waals surface area contributed by atoms with Crippen molar-refractivity contribution in [2.45, 2.75) is 32.1 Å². The quantitative estimate of drug-likeness (QED) is 0.843. The first-order valence-corrected chi connectivity index (χ1v) is 6.75. The van der Waals surface area contributed by atoms with E-state index in [-0.39, 0.29) is 0 Å². The smallest absolute Gasteiger partial charge is 0.161 e. The van der Waals surface area contributed by atoms with Gasteiger partial charge in [0.2, 0.25) is 0 Å². The van der Waals surface area contributed by atoms with Crippen LogP contribution in [0, 0.1) is 5.41 Å². The summed E-state index contributed by atoms with van der Waals surface area (Å²) in [5.41, 5.74) is 6.25. The van der Waals surface area contributed by atoms with E-state index < -0.39 is 0 Å². The molecule has 0 atom stereocenters. The fourth-order valence-corrected chi connectivity index (χ4v) is 2.80. The van der Waals surface area contributed by atoms with Crippen LogP contribution in [0.15, 0.2) is 24.3 Å². The molecule has 2 rings (SSSR count). The molecule has 18 heavy (non-hydrogen) atoms. The molecule has 2 N–H and O–H groups in total. The van der Waals surface area contributed by atoms with Gasteiger partial charge in [-0.3, -0.25) is 0 Å². The lowest BCUT2D eigenvalue weighted by molar-refractivity contribution is 0.200. The van der Waals surface area contributed by atoms with E-state index in [0.29, 0.717) is 5.41 Å². The Kier molecular flexibility index (Phi) is 4.48. The standard InChI is InChI=1S/C15H23NO2/c1-17-13-6-2-3-7-14(13)18-11-10-15(12-16)8-4-5-9-15/h2-3,6-7H,4-5,8-12,16H2,1H3. The summed E-state index contributed by atoms with van der Waals surface area (Å²) in [4.78, 5) is 0. The van der Waals surface area contributed by atoms with Crippen molar-refractivity contribution >= 4 is 0 Å². The van der Waals surface area contributed by atoms with Crippen LogP contribution in [0.3, 0.4) is 0 Å². The Labute approximate surface area is 109 Å². The van der Waals surface area contributed by atoms with Gasteiger partial charge >= 0.3 is 0 Å². The third-order valence-corrected chi connectivity index (χ3v) is 4.06. The van der Waals surface area contributed by atoms with Gasteiger partial charge in [0.1, 0.15) is 0 Å². The van der Waals surface area contributed by atoms with Gasteiger partial charge in [-0.05, 0) is 43.4 Å². The molecule has 0 amide bonds. The van der Waals surface area contributed by atoms with Crippen molar-refractivity contribution in [3.8, 4) is 11.5 Å². The zero-order valence-corrected chi connectivity index (χ0v) is 11.2. The van der Waals surface area contributed by atoms with Gasteiger partial charge < -0.3 is 15.2 Å². The van der Waals surface area contributed by atoms with E-state index in [1.54, 1.807) is 7.11 Å². The van der Waals surface area contributed by atoms with E-state index in [0.717, 1.165) is 31.1 Å². The lowest BCUT2D eigenvalue weighted by Crippen LogP contribution is -2.29. The number of para-hydroxylation sites is 2. The van der Waals surface area contributed by atoms with Crippen LogP contribution < -0.4 is 15.2 Å². The summed E-state index contributed by atoms with van der Waals surface area (Å²) in [5, 5.41) is 0. The van der Waals surface area contributed by atoms with Crippen LogP contribution in [0.25, 0.3) is 0 Å². The van der Waals surface area contributed by atoms with Gasteiger partial charge in [0.05, 0.1) is 13.7 Å². The summed E-state index contributed by atoms with van der Waals surface area (Å²) in [6.45, 7) is 1.50. The fourth-order valence-electron chi connectivity index (χ4n) is 2.80. The summed E-state index contributed by atoms with van der Waals surface area (Å²) in [7, 11) is 1.67. The summed E-state index contributed by atoms with van der Waals surface area (Å²) in [6, 6.07) is 7.78. The largest absolute Gasteiger partial charge is 0.493 e. The first-order chi connectivity index (χ1) is 8.79. The summed E-state index contributed by atoms with van der Waals surface area (Å²) >= 11 is 0. The third kappa shape index (κ3) is 2.96. The number of methoxy groups -OCH3 is 1. The highest BCUT2D eigenvalue weighted by molar-refractivity contribution is 5.39. The lowest BCUT2D eigenvalue weighted by Gasteiger charge is -2.27. The highest BCUT2D eigenvalue weighted by atomic mass is 16.5. The Morgan fingerprint density at radius 2 is 1.83 bits per heavy atom. The lowest BCUT2D eigenvalue weighted by atomic mass is 9.83. The van der Waals surface area contributed by atoms with Gasteiger partial charge in [0.25, 0.3) is 0 Å². The molecule has 1 fully saturated rings. The second-order valence-corrected chi connectivity index (χ2v) is 5.16. The predicted octanol–water partition coefficient (Wildman–Crippen LogP) is 2.98. The van der Waals surface area contributed by atoms with Crippen LogP contribution >= 0.6 is 0 Å². The fraction of sp³-hybridized carbons (Fsp3) is 0.600. The number of nitrogens with two attached hydrogens (primary N) is 1. The van der Waals surface area contributed by atoms with Crippen molar-refractivity contribution in [2.75, 3.05) is 20.3 Å². The minimum atomic E-state index is 0.321. The molecule has 100 valence electrons. The van der Waals surface area contributed by atoms with Crippen molar-refractivity contribution in [2.24, 2.45) is 11.1 Å². The third-order valence-electron chi connectivity index (χ3n) is 4.06. The van der Waals surface area contributed by atoms with Crippen LogP contribution in [0.2, 0.25) is 0 Å². The van der Waals surface area contributed by atoms with Gasteiger partial charge in [-0.15, -0.1) is 0 Å².